The fraction of sp³-hybridized carbons (Fsp3) is 0.333. The van der Waals surface area contributed by atoms with Crippen molar-refractivity contribution in [3.63, 3.8) is 0 Å². The molecule has 120 valence electrons. The molecular formula is C15H17FN6O. The summed E-state index contributed by atoms with van der Waals surface area (Å²) >= 11 is 0. The van der Waals surface area contributed by atoms with E-state index >= 15 is 0 Å². The minimum absolute atomic E-state index is 0.243. The van der Waals surface area contributed by atoms with E-state index in [1.165, 1.54) is 12.1 Å². The first kappa shape index (κ1) is 15.3. The molecule has 1 aromatic carbocycles. The number of halogens is 1. The molecule has 3 aromatic rings. The second-order valence-corrected chi connectivity index (χ2v) is 5.28. The molecule has 0 saturated heterocycles. The third kappa shape index (κ3) is 3.26. The summed E-state index contributed by atoms with van der Waals surface area (Å²) in [5.41, 5.74) is 0.714. The van der Waals surface area contributed by atoms with Gasteiger partial charge in [0.2, 0.25) is 5.82 Å². The fourth-order valence-electron chi connectivity index (χ4n) is 2.11. The lowest BCUT2D eigenvalue weighted by atomic mass is 10.2. The standard InChI is InChI=1S/C15H17FN6O/c1-9(17-3)8-13-19-15(23-21-13)14-18-10(2)22(20-14)12-6-4-11(16)5-7-12/h4-7,9,17H,8H2,1-3H3. The number of nitrogens with one attached hydrogen (secondary N) is 1. The van der Waals surface area contributed by atoms with Gasteiger partial charge in [0.05, 0.1) is 5.69 Å². The molecule has 3 rings (SSSR count). The van der Waals surface area contributed by atoms with Crippen LogP contribution in [-0.2, 0) is 6.42 Å². The van der Waals surface area contributed by atoms with Gasteiger partial charge in [-0.3, -0.25) is 0 Å². The average Bonchev–Trinajstić information content (AvgIpc) is 3.15. The smallest absolute Gasteiger partial charge is 0.297 e. The minimum Gasteiger partial charge on any atom is -0.330 e. The van der Waals surface area contributed by atoms with Crippen molar-refractivity contribution in [3.05, 3.63) is 41.7 Å². The highest BCUT2D eigenvalue weighted by Crippen LogP contribution is 2.17. The minimum atomic E-state index is -0.299. The maximum atomic E-state index is 13.0. The molecule has 0 radical (unpaired) electrons. The second-order valence-electron chi connectivity index (χ2n) is 5.28. The van der Waals surface area contributed by atoms with Crippen molar-refractivity contribution in [3.8, 4) is 17.4 Å². The van der Waals surface area contributed by atoms with Crippen LogP contribution in [0, 0.1) is 12.7 Å². The molecule has 1 atom stereocenters. The van der Waals surface area contributed by atoms with Crippen molar-refractivity contribution in [1.29, 1.82) is 0 Å². The van der Waals surface area contributed by atoms with E-state index < -0.39 is 0 Å². The quantitative estimate of drug-likeness (QED) is 0.774. The van der Waals surface area contributed by atoms with Crippen LogP contribution in [0.1, 0.15) is 18.6 Å². The molecular weight excluding hydrogens is 299 g/mol. The number of aromatic nitrogens is 5. The molecule has 23 heavy (non-hydrogen) atoms. The average molecular weight is 316 g/mol. The van der Waals surface area contributed by atoms with Crippen molar-refractivity contribution in [2.45, 2.75) is 26.3 Å². The number of benzene rings is 1. The second kappa shape index (κ2) is 6.25. The topological polar surface area (TPSA) is 81.7 Å². The van der Waals surface area contributed by atoms with E-state index in [-0.39, 0.29) is 17.7 Å². The summed E-state index contributed by atoms with van der Waals surface area (Å²) in [6.45, 7) is 3.84. The first-order valence-corrected chi connectivity index (χ1v) is 7.26. The Balaban J connectivity index is 1.87. The first-order chi connectivity index (χ1) is 11.1. The molecule has 2 heterocycles. The van der Waals surface area contributed by atoms with Crippen LogP contribution in [-0.4, -0.2) is 38.0 Å². The van der Waals surface area contributed by atoms with Crippen molar-refractivity contribution in [2.75, 3.05) is 7.05 Å². The van der Waals surface area contributed by atoms with Crippen molar-refractivity contribution < 1.29 is 8.91 Å². The van der Waals surface area contributed by atoms with Gasteiger partial charge in [-0.15, -0.1) is 5.10 Å². The van der Waals surface area contributed by atoms with Crippen LogP contribution < -0.4 is 5.32 Å². The van der Waals surface area contributed by atoms with Crippen LogP contribution in [0.3, 0.4) is 0 Å². The van der Waals surface area contributed by atoms with Crippen molar-refractivity contribution in [1.82, 2.24) is 30.2 Å². The third-order valence-corrected chi connectivity index (χ3v) is 3.48. The van der Waals surface area contributed by atoms with Gasteiger partial charge in [0.15, 0.2) is 5.82 Å². The number of hydrogen-bond acceptors (Lipinski definition) is 6. The Kier molecular flexibility index (Phi) is 4.16. The van der Waals surface area contributed by atoms with Crippen molar-refractivity contribution >= 4 is 0 Å². The Morgan fingerprint density at radius 3 is 2.70 bits per heavy atom. The van der Waals surface area contributed by atoms with E-state index in [0.717, 1.165) is 0 Å². The predicted octanol–water partition coefficient (Wildman–Crippen LogP) is 1.92. The van der Waals surface area contributed by atoms with Crippen LogP contribution >= 0.6 is 0 Å². The van der Waals surface area contributed by atoms with Crippen LogP contribution in [0.15, 0.2) is 28.8 Å². The van der Waals surface area contributed by atoms with Gasteiger partial charge in [0.1, 0.15) is 11.6 Å². The van der Waals surface area contributed by atoms with Gasteiger partial charge in [-0.1, -0.05) is 5.16 Å². The van der Waals surface area contributed by atoms with Gasteiger partial charge in [-0.05, 0) is 45.2 Å². The van der Waals surface area contributed by atoms with Crippen molar-refractivity contribution in [2.24, 2.45) is 0 Å². The number of aryl methyl sites for hydroxylation is 1. The maximum absolute atomic E-state index is 13.0. The SMILES string of the molecule is CNC(C)Cc1noc(-c2nc(C)n(-c3ccc(F)cc3)n2)n1. The molecule has 1 N–H and O–H groups in total. The Morgan fingerprint density at radius 1 is 1.26 bits per heavy atom. The normalized spacial score (nSPS) is 12.5. The summed E-state index contributed by atoms with van der Waals surface area (Å²) in [6.07, 6.45) is 0.650. The zero-order valence-electron chi connectivity index (χ0n) is 13.1. The number of nitrogens with zero attached hydrogens (tertiary/aromatic N) is 5. The van der Waals surface area contributed by atoms with E-state index in [1.54, 1.807) is 23.7 Å². The fourth-order valence-corrected chi connectivity index (χ4v) is 2.11. The third-order valence-electron chi connectivity index (χ3n) is 3.48. The summed E-state index contributed by atoms with van der Waals surface area (Å²) in [6, 6.07) is 6.26. The van der Waals surface area contributed by atoms with E-state index in [1.807, 2.05) is 14.0 Å². The van der Waals surface area contributed by atoms with Crippen LogP contribution in [0.4, 0.5) is 4.39 Å². The Bertz CT molecular complexity index is 795. The summed E-state index contributed by atoms with van der Waals surface area (Å²) in [4.78, 5) is 8.65. The summed E-state index contributed by atoms with van der Waals surface area (Å²) < 4.78 is 19.9. The highest BCUT2D eigenvalue weighted by atomic mass is 19.1. The van der Waals surface area contributed by atoms with Gasteiger partial charge in [-0.2, -0.15) is 4.98 Å². The molecule has 0 fully saturated rings. The maximum Gasteiger partial charge on any atom is 0.297 e. The first-order valence-electron chi connectivity index (χ1n) is 7.26. The highest BCUT2D eigenvalue weighted by molar-refractivity contribution is 5.41. The number of likely N-dealkylation sites (N-methyl/N-ethyl adjacent to an activating group) is 1. The molecule has 0 bridgehead atoms. The van der Waals surface area contributed by atoms with E-state index in [2.05, 4.69) is 25.5 Å². The monoisotopic (exact) mass is 316 g/mol. The molecule has 2 aromatic heterocycles. The van der Waals surface area contributed by atoms with Gasteiger partial charge in [0, 0.05) is 12.5 Å². The lowest BCUT2D eigenvalue weighted by Crippen LogP contribution is -2.24. The largest absolute Gasteiger partial charge is 0.330 e. The van der Waals surface area contributed by atoms with Crippen LogP contribution in [0.2, 0.25) is 0 Å². The molecule has 1 unspecified atom stereocenters. The van der Waals surface area contributed by atoms with Gasteiger partial charge in [-0.25, -0.2) is 14.1 Å². The lowest BCUT2D eigenvalue weighted by Gasteiger charge is -2.04. The molecule has 0 saturated carbocycles. The number of rotatable bonds is 5. The summed E-state index contributed by atoms with van der Waals surface area (Å²) in [7, 11) is 1.88. The lowest BCUT2D eigenvalue weighted by molar-refractivity contribution is 0.416. The molecule has 8 heteroatoms. The molecule has 0 spiro atoms. The predicted molar refractivity (Wildman–Crippen MR) is 81.6 cm³/mol. The molecule has 0 aliphatic heterocycles. The van der Waals surface area contributed by atoms with Crippen LogP contribution in [0.5, 0.6) is 0 Å². The van der Waals surface area contributed by atoms with Crippen LogP contribution in [0.25, 0.3) is 17.4 Å². The molecule has 7 nitrogen and oxygen atoms in total. The Labute approximate surface area is 132 Å². The highest BCUT2D eigenvalue weighted by Gasteiger charge is 2.17. The zero-order valence-corrected chi connectivity index (χ0v) is 13.1. The van der Waals surface area contributed by atoms with E-state index in [0.29, 0.717) is 29.6 Å². The number of hydrogen-bond donors (Lipinski definition) is 1. The van der Waals surface area contributed by atoms with E-state index in [9.17, 15) is 4.39 Å². The Morgan fingerprint density at radius 2 is 2.00 bits per heavy atom. The summed E-state index contributed by atoms with van der Waals surface area (Å²) in [5, 5.41) is 11.4. The molecule has 0 aliphatic rings. The molecule has 0 amide bonds. The van der Waals surface area contributed by atoms with Gasteiger partial charge < -0.3 is 9.84 Å². The zero-order chi connectivity index (χ0) is 16.4. The summed E-state index contributed by atoms with van der Waals surface area (Å²) in [5.74, 6) is 1.56. The van der Waals surface area contributed by atoms with Gasteiger partial charge >= 0.3 is 0 Å². The molecule has 0 aliphatic carbocycles. The Hall–Kier alpha value is -2.61. The van der Waals surface area contributed by atoms with E-state index in [4.69, 9.17) is 4.52 Å². The van der Waals surface area contributed by atoms with Gasteiger partial charge in [0.25, 0.3) is 5.89 Å².